The Hall–Kier alpha value is -2.86. The molecule has 148 valence electrons. The van der Waals surface area contributed by atoms with Gasteiger partial charge in [0.25, 0.3) is 0 Å². The maximum atomic E-state index is 12.8. The lowest BCUT2D eigenvalue weighted by atomic mass is 10.0. The fourth-order valence-corrected chi connectivity index (χ4v) is 3.49. The summed E-state index contributed by atoms with van der Waals surface area (Å²) in [5, 5.41) is 0. The van der Waals surface area contributed by atoms with E-state index in [4.69, 9.17) is 9.47 Å². The van der Waals surface area contributed by atoms with E-state index in [1.165, 1.54) is 10.6 Å². The molecule has 1 N–H and O–H groups in total. The molecule has 0 aromatic heterocycles. The average molecular weight is 383 g/mol. The monoisotopic (exact) mass is 383 g/mol. The van der Waals surface area contributed by atoms with Gasteiger partial charge in [-0.2, -0.15) is 0 Å². The molecule has 6 nitrogen and oxygen atoms in total. The van der Waals surface area contributed by atoms with Crippen LogP contribution in [0.5, 0.6) is 5.75 Å². The highest BCUT2D eigenvalue weighted by Crippen LogP contribution is 2.19. The number of anilines is 1. The molecule has 0 radical (unpaired) electrons. The number of piperazine rings is 1. The van der Waals surface area contributed by atoms with Gasteiger partial charge in [-0.1, -0.05) is 18.2 Å². The summed E-state index contributed by atoms with van der Waals surface area (Å²) < 4.78 is 10.3. The van der Waals surface area contributed by atoms with Crippen LogP contribution >= 0.6 is 0 Å². The third kappa shape index (κ3) is 4.70. The van der Waals surface area contributed by atoms with Gasteiger partial charge in [0.2, 0.25) is 5.78 Å². The zero-order chi connectivity index (χ0) is 19.9. The van der Waals surface area contributed by atoms with Gasteiger partial charge in [0.15, 0.2) is 0 Å². The predicted octanol–water partition coefficient (Wildman–Crippen LogP) is 1.46. The number of carbonyl (C=O) groups is 2. The maximum Gasteiger partial charge on any atom is 0.338 e. The number of hydrogen-bond donors (Lipinski definition) is 1. The highest BCUT2D eigenvalue weighted by molar-refractivity contribution is 6.06. The van der Waals surface area contributed by atoms with E-state index >= 15 is 0 Å². The first-order chi connectivity index (χ1) is 13.6. The van der Waals surface area contributed by atoms with Gasteiger partial charge in [-0.25, -0.2) is 4.79 Å². The van der Waals surface area contributed by atoms with Crippen LogP contribution in [0.2, 0.25) is 0 Å². The van der Waals surface area contributed by atoms with E-state index in [1.807, 2.05) is 12.1 Å². The van der Waals surface area contributed by atoms with Gasteiger partial charge in [0, 0.05) is 11.3 Å². The fourth-order valence-electron chi connectivity index (χ4n) is 3.49. The summed E-state index contributed by atoms with van der Waals surface area (Å²) in [6.45, 7) is 5.95. The summed E-state index contributed by atoms with van der Waals surface area (Å²) in [4.78, 5) is 28.5. The van der Waals surface area contributed by atoms with Crippen molar-refractivity contribution in [2.24, 2.45) is 0 Å². The van der Waals surface area contributed by atoms with E-state index in [2.05, 4.69) is 17.0 Å². The Bertz CT molecular complexity index is 812. The van der Waals surface area contributed by atoms with Crippen molar-refractivity contribution in [2.75, 3.05) is 51.3 Å². The molecule has 0 atom stereocenters. The molecule has 0 aliphatic carbocycles. The zero-order valence-electron chi connectivity index (χ0n) is 16.4. The van der Waals surface area contributed by atoms with Crippen LogP contribution < -0.4 is 14.5 Å². The summed E-state index contributed by atoms with van der Waals surface area (Å²) >= 11 is 0. The van der Waals surface area contributed by atoms with Crippen molar-refractivity contribution in [1.29, 1.82) is 0 Å². The minimum atomic E-state index is -0.439. The number of quaternary nitrogens is 1. The second kappa shape index (κ2) is 9.37. The summed E-state index contributed by atoms with van der Waals surface area (Å²) in [7, 11) is 1.66. The molecule has 1 aliphatic heterocycles. The largest absolute Gasteiger partial charge is 0.497 e. The van der Waals surface area contributed by atoms with E-state index in [1.54, 1.807) is 38.3 Å². The van der Waals surface area contributed by atoms with Crippen LogP contribution in [0.3, 0.4) is 0 Å². The molecule has 2 aromatic carbocycles. The number of methoxy groups -OCH3 is 1. The van der Waals surface area contributed by atoms with Crippen LogP contribution in [0.1, 0.15) is 27.6 Å². The number of esters is 1. The van der Waals surface area contributed by atoms with Gasteiger partial charge in [-0.15, -0.1) is 0 Å². The lowest BCUT2D eigenvalue weighted by molar-refractivity contribution is -0.892. The SMILES string of the molecule is CCOC(=O)c1ccccc1C(=O)C[NH+]1CCN(c2ccc(OC)cc2)CC1. The van der Waals surface area contributed by atoms with Crippen molar-refractivity contribution in [1.82, 2.24) is 0 Å². The average Bonchev–Trinajstić information content (AvgIpc) is 2.74. The first-order valence-corrected chi connectivity index (χ1v) is 9.64. The molecule has 2 aromatic rings. The smallest absolute Gasteiger partial charge is 0.338 e. The van der Waals surface area contributed by atoms with Crippen molar-refractivity contribution in [3.05, 3.63) is 59.7 Å². The van der Waals surface area contributed by atoms with Gasteiger partial charge in [-0.05, 0) is 37.3 Å². The van der Waals surface area contributed by atoms with Crippen molar-refractivity contribution in [2.45, 2.75) is 6.92 Å². The van der Waals surface area contributed by atoms with Crippen LogP contribution in [-0.4, -0.2) is 58.2 Å². The number of ether oxygens (including phenoxy) is 2. The van der Waals surface area contributed by atoms with E-state index < -0.39 is 5.97 Å². The molecule has 1 fully saturated rings. The fraction of sp³-hybridized carbons (Fsp3) is 0.364. The minimum Gasteiger partial charge on any atom is -0.497 e. The quantitative estimate of drug-likeness (QED) is 0.579. The molecular weight excluding hydrogens is 356 g/mol. The number of nitrogens with zero attached hydrogens (tertiary/aromatic N) is 1. The molecule has 0 bridgehead atoms. The maximum absolute atomic E-state index is 12.8. The number of carbonyl (C=O) groups excluding carboxylic acids is 2. The molecule has 28 heavy (non-hydrogen) atoms. The lowest BCUT2D eigenvalue weighted by Gasteiger charge is -2.33. The van der Waals surface area contributed by atoms with E-state index in [0.717, 1.165) is 31.9 Å². The lowest BCUT2D eigenvalue weighted by Crippen LogP contribution is -3.15. The molecule has 0 saturated carbocycles. The van der Waals surface area contributed by atoms with Gasteiger partial charge in [-0.3, -0.25) is 4.79 Å². The topological polar surface area (TPSA) is 60.3 Å². The molecule has 0 amide bonds. The van der Waals surface area contributed by atoms with Crippen LogP contribution in [0.25, 0.3) is 0 Å². The second-order valence-corrected chi connectivity index (χ2v) is 6.80. The Labute approximate surface area is 165 Å². The summed E-state index contributed by atoms with van der Waals surface area (Å²) in [5.74, 6) is 0.390. The van der Waals surface area contributed by atoms with Gasteiger partial charge < -0.3 is 19.3 Å². The molecule has 6 heteroatoms. The molecule has 1 aliphatic rings. The third-order valence-corrected chi connectivity index (χ3v) is 5.04. The van der Waals surface area contributed by atoms with Crippen LogP contribution in [0.4, 0.5) is 5.69 Å². The van der Waals surface area contributed by atoms with Crippen molar-refractivity contribution in [3.63, 3.8) is 0 Å². The van der Waals surface area contributed by atoms with Gasteiger partial charge >= 0.3 is 5.97 Å². The number of hydrogen-bond acceptors (Lipinski definition) is 5. The highest BCUT2D eigenvalue weighted by atomic mass is 16.5. The van der Waals surface area contributed by atoms with Gasteiger partial charge in [0.05, 0.1) is 45.5 Å². The Morgan fingerprint density at radius 1 is 1.00 bits per heavy atom. The van der Waals surface area contributed by atoms with Crippen LogP contribution in [-0.2, 0) is 4.74 Å². The van der Waals surface area contributed by atoms with Crippen LogP contribution in [0.15, 0.2) is 48.5 Å². The molecule has 1 heterocycles. The minimum absolute atomic E-state index is 0.0171. The zero-order valence-corrected chi connectivity index (χ0v) is 16.4. The number of benzene rings is 2. The normalized spacial score (nSPS) is 14.6. The Morgan fingerprint density at radius 2 is 1.64 bits per heavy atom. The molecule has 0 unspecified atom stereocenters. The standard InChI is InChI=1S/C22H26N2O4/c1-3-28-22(26)20-7-5-4-6-19(20)21(25)16-23-12-14-24(15-13-23)17-8-10-18(27-2)11-9-17/h4-11H,3,12-16H2,1-2H3/p+1. The van der Waals surface area contributed by atoms with Crippen LogP contribution in [0, 0.1) is 0 Å². The summed E-state index contributed by atoms with van der Waals surface area (Å²) in [6, 6.07) is 14.9. The van der Waals surface area contributed by atoms with E-state index in [-0.39, 0.29) is 5.78 Å². The number of Topliss-reactive ketones (excluding diaryl/α,β-unsaturated/α-hetero) is 1. The Balaban J connectivity index is 1.59. The Morgan fingerprint density at radius 3 is 2.25 bits per heavy atom. The van der Waals surface area contributed by atoms with Crippen molar-refractivity contribution < 1.29 is 24.0 Å². The second-order valence-electron chi connectivity index (χ2n) is 6.80. The molecule has 3 rings (SSSR count). The Kier molecular flexibility index (Phi) is 6.66. The summed E-state index contributed by atoms with van der Waals surface area (Å²) in [6.07, 6.45) is 0. The number of nitrogens with one attached hydrogen (secondary N) is 1. The summed E-state index contributed by atoms with van der Waals surface area (Å²) in [5.41, 5.74) is 1.97. The van der Waals surface area contributed by atoms with Crippen molar-refractivity contribution >= 4 is 17.4 Å². The first kappa shape index (κ1) is 19.9. The highest BCUT2D eigenvalue weighted by Gasteiger charge is 2.25. The van der Waals surface area contributed by atoms with Gasteiger partial charge in [0.1, 0.15) is 12.3 Å². The molecular formula is C22H27N2O4+. The van der Waals surface area contributed by atoms with E-state index in [9.17, 15) is 9.59 Å². The first-order valence-electron chi connectivity index (χ1n) is 9.64. The number of ketones is 1. The molecule has 0 spiro atoms. The molecule has 1 saturated heterocycles. The predicted molar refractivity (Wildman–Crippen MR) is 107 cm³/mol. The van der Waals surface area contributed by atoms with Crippen molar-refractivity contribution in [3.8, 4) is 5.75 Å². The van der Waals surface area contributed by atoms with E-state index in [0.29, 0.717) is 24.3 Å². The number of rotatable bonds is 7. The third-order valence-electron chi connectivity index (χ3n) is 5.04.